The lowest BCUT2D eigenvalue weighted by Gasteiger charge is -2.30. The second kappa shape index (κ2) is 8.52. The van der Waals surface area contributed by atoms with E-state index in [1.165, 1.54) is 6.08 Å². The molecule has 2 aromatic carbocycles. The molecule has 134 valence electrons. The second-order valence-electron chi connectivity index (χ2n) is 6.33. The van der Waals surface area contributed by atoms with E-state index >= 15 is 0 Å². The number of benzene rings is 2. The summed E-state index contributed by atoms with van der Waals surface area (Å²) < 4.78 is 0. The standard InChI is InChI=1S/C21H19Cl2NO2/c22-18-7-8-19(23)17(14-18)6-9-20(25)24-12-10-16(11-13-24)21(26)15-4-2-1-3-5-15/h1-9,14,16H,10-13H2. The van der Waals surface area contributed by atoms with Gasteiger partial charge in [-0.2, -0.15) is 0 Å². The fraction of sp³-hybridized carbons (Fsp3) is 0.238. The predicted octanol–water partition coefficient (Wildman–Crippen LogP) is 5.13. The summed E-state index contributed by atoms with van der Waals surface area (Å²) in [7, 11) is 0. The van der Waals surface area contributed by atoms with Crippen molar-refractivity contribution in [3.05, 3.63) is 75.8 Å². The number of likely N-dealkylation sites (tertiary alicyclic amines) is 1. The summed E-state index contributed by atoms with van der Waals surface area (Å²) in [5.41, 5.74) is 1.45. The summed E-state index contributed by atoms with van der Waals surface area (Å²) in [6.45, 7) is 1.16. The number of carbonyl (C=O) groups is 2. The smallest absolute Gasteiger partial charge is 0.246 e. The molecule has 3 nitrogen and oxygen atoms in total. The fourth-order valence-electron chi connectivity index (χ4n) is 3.11. The Morgan fingerprint density at radius 3 is 2.38 bits per heavy atom. The van der Waals surface area contributed by atoms with Crippen molar-refractivity contribution in [1.82, 2.24) is 4.90 Å². The number of rotatable bonds is 4. The maximum absolute atomic E-state index is 12.5. The molecule has 0 bridgehead atoms. The van der Waals surface area contributed by atoms with Crippen molar-refractivity contribution in [2.24, 2.45) is 5.92 Å². The zero-order chi connectivity index (χ0) is 18.5. The first-order chi connectivity index (χ1) is 12.5. The Balaban J connectivity index is 1.57. The minimum Gasteiger partial charge on any atom is -0.339 e. The van der Waals surface area contributed by atoms with Gasteiger partial charge in [0.2, 0.25) is 5.91 Å². The molecule has 0 unspecified atom stereocenters. The maximum atomic E-state index is 12.5. The van der Waals surface area contributed by atoms with Crippen molar-refractivity contribution in [2.75, 3.05) is 13.1 Å². The Morgan fingerprint density at radius 1 is 1.00 bits per heavy atom. The maximum Gasteiger partial charge on any atom is 0.246 e. The lowest BCUT2D eigenvalue weighted by atomic mass is 9.89. The molecule has 5 heteroatoms. The number of ketones is 1. The van der Waals surface area contributed by atoms with Crippen molar-refractivity contribution in [3.8, 4) is 0 Å². The van der Waals surface area contributed by atoms with Crippen LogP contribution in [0.3, 0.4) is 0 Å². The number of hydrogen-bond acceptors (Lipinski definition) is 2. The van der Waals surface area contributed by atoms with Crippen LogP contribution < -0.4 is 0 Å². The average molecular weight is 388 g/mol. The van der Waals surface area contributed by atoms with Gasteiger partial charge in [-0.1, -0.05) is 53.5 Å². The van der Waals surface area contributed by atoms with Crippen molar-refractivity contribution in [2.45, 2.75) is 12.8 Å². The molecule has 0 aliphatic carbocycles. The van der Waals surface area contributed by atoms with Crippen LogP contribution in [0.2, 0.25) is 10.0 Å². The highest BCUT2D eigenvalue weighted by molar-refractivity contribution is 6.34. The van der Waals surface area contributed by atoms with E-state index in [1.54, 1.807) is 29.2 Å². The second-order valence-corrected chi connectivity index (χ2v) is 7.17. The number of halogens is 2. The number of carbonyl (C=O) groups excluding carboxylic acids is 2. The van der Waals surface area contributed by atoms with Crippen LogP contribution >= 0.6 is 23.2 Å². The van der Waals surface area contributed by atoms with E-state index in [2.05, 4.69) is 0 Å². The van der Waals surface area contributed by atoms with Crippen LogP contribution in [0.25, 0.3) is 6.08 Å². The van der Waals surface area contributed by atoms with Gasteiger partial charge < -0.3 is 4.90 Å². The first-order valence-electron chi connectivity index (χ1n) is 8.56. The molecule has 26 heavy (non-hydrogen) atoms. The lowest BCUT2D eigenvalue weighted by molar-refractivity contribution is -0.127. The van der Waals surface area contributed by atoms with Gasteiger partial charge in [-0.15, -0.1) is 0 Å². The van der Waals surface area contributed by atoms with Gasteiger partial charge in [0.25, 0.3) is 0 Å². The van der Waals surface area contributed by atoms with E-state index in [0.29, 0.717) is 41.5 Å². The normalized spacial score (nSPS) is 15.4. The molecular weight excluding hydrogens is 369 g/mol. The highest BCUT2D eigenvalue weighted by Crippen LogP contribution is 2.24. The molecule has 3 rings (SSSR count). The van der Waals surface area contributed by atoms with Crippen molar-refractivity contribution in [1.29, 1.82) is 0 Å². The minimum atomic E-state index is -0.0772. The molecule has 0 atom stereocenters. The zero-order valence-electron chi connectivity index (χ0n) is 14.2. The molecule has 1 amide bonds. The van der Waals surface area contributed by atoms with Crippen LogP contribution in [-0.4, -0.2) is 29.7 Å². The van der Waals surface area contributed by atoms with Crippen LogP contribution in [0, 0.1) is 5.92 Å². The topological polar surface area (TPSA) is 37.4 Å². The molecule has 2 aromatic rings. The van der Waals surface area contributed by atoms with Gasteiger partial charge in [0, 0.05) is 40.7 Å². The van der Waals surface area contributed by atoms with Crippen molar-refractivity contribution in [3.63, 3.8) is 0 Å². The third-order valence-corrected chi connectivity index (χ3v) is 5.18. The summed E-state index contributed by atoms with van der Waals surface area (Å²) in [6, 6.07) is 14.5. The quantitative estimate of drug-likeness (QED) is 0.538. The van der Waals surface area contributed by atoms with Gasteiger partial charge in [0.1, 0.15) is 0 Å². The Labute approximate surface area is 163 Å². The summed E-state index contributed by atoms with van der Waals surface area (Å²) in [4.78, 5) is 26.7. The average Bonchev–Trinajstić information content (AvgIpc) is 2.68. The number of nitrogens with zero attached hydrogens (tertiary/aromatic N) is 1. The van der Waals surface area contributed by atoms with Crippen LogP contribution in [0.5, 0.6) is 0 Å². The molecule has 0 aromatic heterocycles. The first-order valence-corrected chi connectivity index (χ1v) is 9.31. The first kappa shape index (κ1) is 18.7. The molecule has 0 N–H and O–H groups in total. The highest BCUT2D eigenvalue weighted by Gasteiger charge is 2.27. The SMILES string of the molecule is O=C(c1ccccc1)C1CCN(C(=O)C=Cc2cc(Cl)ccc2Cl)CC1. The minimum absolute atomic E-state index is 0.0206. The zero-order valence-corrected chi connectivity index (χ0v) is 15.7. The predicted molar refractivity (Wildman–Crippen MR) is 106 cm³/mol. The molecule has 1 fully saturated rings. The van der Waals surface area contributed by atoms with Crippen LogP contribution in [-0.2, 0) is 4.79 Å². The van der Waals surface area contributed by atoms with Crippen molar-refractivity contribution >= 4 is 41.0 Å². The molecule has 0 radical (unpaired) electrons. The largest absolute Gasteiger partial charge is 0.339 e. The van der Waals surface area contributed by atoms with Gasteiger partial charge in [-0.25, -0.2) is 0 Å². The molecule has 1 heterocycles. The van der Waals surface area contributed by atoms with Crippen LogP contribution in [0.1, 0.15) is 28.8 Å². The third kappa shape index (κ3) is 4.54. The lowest BCUT2D eigenvalue weighted by Crippen LogP contribution is -2.39. The number of piperidine rings is 1. The summed E-state index contributed by atoms with van der Waals surface area (Å²) in [6.07, 6.45) is 4.56. The van der Waals surface area contributed by atoms with Gasteiger partial charge in [-0.05, 0) is 42.7 Å². The molecule has 1 aliphatic heterocycles. The number of Topliss-reactive ketones (excluding diaryl/α,β-unsaturated/α-hetero) is 1. The van der Waals surface area contributed by atoms with Gasteiger partial charge >= 0.3 is 0 Å². The third-order valence-electron chi connectivity index (χ3n) is 4.60. The number of hydrogen-bond donors (Lipinski definition) is 0. The summed E-state index contributed by atoms with van der Waals surface area (Å²) in [5.74, 6) is 0.0680. The Bertz CT molecular complexity index is 825. The van der Waals surface area contributed by atoms with Gasteiger partial charge in [0.15, 0.2) is 5.78 Å². The molecule has 1 saturated heterocycles. The summed E-state index contributed by atoms with van der Waals surface area (Å²) in [5, 5.41) is 1.12. The van der Waals surface area contributed by atoms with Crippen LogP contribution in [0.15, 0.2) is 54.6 Å². The van der Waals surface area contributed by atoms with Gasteiger partial charge in [0.05, 0.1) is 0 Å². The molecular formula is C21H19Cl2NO2. The Morgan fingerprint density at radius 2 is 1.69 bits per heavy atom. The van der Waals surface area contributed by atoms with Gasteiger partial charge in [-0.3, -0.25) is 9.59 Å². The summed E-state index contributed by atoms with van der Waals surface area (Å²) >= 11 is 12.1. The highest BCUT2D eigenvalue weighted by atomic mass is 35.5. The van der Waals surface area contributed by atoms with E-state index in [-0.39, 0.29) is 17.6 Å². The Hall–Kier alpha value is -2.10. The fourth-order valence-corrected chi connectivity index (χ4v) is 3.47. The van der Waals surface area contributed by atoms with Crippen molar-refractivity contribution < 1.29 is 9.59 Å². The molecule has 0 spiro atoms. The van der Waals surface area contributed by atoms with E-state index in [4.69, 9.17) is 23.2 Å². The van der Waals surface area contributed by atoms with E-state index in [1.807, 2.05) is 30.3 Å². The van der Waals surface area contributed by atoms with Crippen LogP contribution in [0.4, 0.5) is 0 Å². The van der Waals surface area contributed by atoms with E-state index in [0.717, 1.165) is 5.56 Å². The molecule has 0 saturated carbocycles. The van der Waals surface area contributed by atoms with E-state index in [9.17, 15) is 9.59 Å². The Kier molecular flexibility index (Phi) is 6.12. The monoisotopic (exact) mass is 387 g/mol. The number of amides is 1. The van der Waals surface area contributed by atoms with E-state index < -0.39 is 0 Å². The molecule has 1 aliphatic rings.